The van der Waals surface area contributed by atoms with Crippen LogP contribution in [0.1, 0.15) is 44.0 Å². The maximum Gasteiger partial charge on any atom is 0.309 e. The molecule has 2 aliphatic heterocycles. The number of ether oxygens (including phenoxy) is 1. The van der Waals surface area contributed by atoms with E-state index < -0.39 is 5.97 Å². The second-order valence-electron chi connectivity index (χ2n) is 8.11. The maximum atomic E-state index is 11.6. The number of piperidine rings is 2. The Morgan fingerprint density at radius 3 is 1.78 bits per heavy atom. The SMILES string of the molecule is CCOC(=O)C1CCN(Cc2cn[nH]n2)CC1.O=C(O)C1CCN(Cc2cn[nH]n2)CC1. The molecule has 0 saturated carbocycles. The summed E-state index contributed by atoms with van der Waals surface area (Å²) in [5, 5.41) is 29.5. The first-order valence-corrected chi connectivity index (χ1v) is 11.1. The Bertz CT molecular complexity index is 798. The van der Waals surface area contributed by atoms with E-state index in [4.69, 9.17) is 9.84 Å². The first-order chi connectivity index (χ1) is 15.5. The van der Waals surface area contributed by atoms with Gasteiger partial charge in [-0.3, -0.25) is 19.4 Å². The van der Waals surface area contributed by atoms with Crippen LogP contribution >= 0.6 is 0 Å². The number of nitrogens with zero attached hydrogens (tertiary/aromatic N) is 6. The summed E-state index contributed by atoms with van der Waals surface area (Å²) in [5.74, 6) is -0.813. The molecule has 0 aromatic carbocycles. The minimum atomic E-state index is -0.670. The van der Waals surface area contributed by atoms with Gasteiger partial charge in [0.2, 0.25) is 0 Å². The zero-order chi connectivity index (χ0) is 22.8. The lowest BCUT2D eigenvalue weighted by Crippen LogP contribution is -2.36. The summed E-state index contributed by atoms with van der Waals surface area (Å²) in [4.78, 5) is 26.8. The largest absolute Gasteiger partial charge is 0.481 e. The number of hydrogen-bond acceptors (Lipinski definition) is 9. The number of nitrogens with one attached hydrogen (secondary N) is 2. The van der Waals surface area contributed by atoms with E-state index in [1.807, 2.05) is 6.92 Å². The highest BCUT2D eigenvalue weighted by Crippen LogP contribution is 2.20. The molecule has 4 rings (SSSR count). The summed E-state index contributed by atoms with van der Waals surface area (Å²) in [6.45, 7) is 7.34. The molecule has 0 atom stereocenters. The third-order valence-corrected chi connectivity index (χ3v) is 5.85. The Hall–Kier alpha value is -2.86. The molecule has 3 N–H and O–H groups in total. The van der Waals surface area contributed by atoms with E-state index in [1.165, 1.54) is 0 Å². The molecule has 12 nitrogen and oxygen atoms in total. The van der Waals surface area contributed by atoms with Gasteiger partial charge in [0.25, 0.3) is 0 Å². The van der Waals surface area contributed by atoms with Gasteiger partial charge in [-0.15, -0.1) is 0 Å². The molecule has 4 heterocycles. The minimum Gasteiger partial charge on any atom is -0.481 e. The van der Waals surface area contributed by atoms with E-state index >= 15 is 0 Å². The van der Waals surface area contributed by atoms with Crippen molar-refractivity contribution in [2.75, 3.05) is 32.8 Å². The average molecular weight is 449 g/mol. The number of aliphatic carboxylic acids is 1. The summed E-state index contributed by atoms with van der Waals surface area (Å²) < 4.78 is 5.04. The number of carboxylic acids is 1. The number of carboxylic acid groups (broad SMARTS) is 1. The summed E-state index contributed by atoms with van der Waals surface area (Å²) in [6.07, 6.45) is 6.63. The van der Waals surface area contributed by atoms with Crippen molar-refractivity contribution in [1.82, 2.24) is 40.6 Å². The summed E-state index contributed by atoms with van der Waals surface area (Å²) >= 11 is 0. The Balaban J connectivity index is 0.000000182. The van der Waals surface area contributed by atoms with Gasteiger partial charge in [0.1, 0.15) is 0 Å². The van der Waals surface area contributed by atoms with E-state index in [2.05, 4.69) is 40.6 Å². The highest BCUT2D eigenvalue weighted by atomic mass is 16.5. The monoisotopic (exact) mass is 448 g/mol. The zero-order valence-corrected chi connectivity index (χ0v) is 18.4. The summed E-state index contributed by atoms with van der Waals surface area (Å²) in [6, 6.07) is 0. The van der Waals surface area contributed by atoms with Crippen molar-refractivity contribution in [1.29, 1.82) is 0 Å². The van der Waals surface area contributed by atoms with Gasteiger partial charge in [-0.2, -0.15) is 30.8 Å². The van der Waals surface area contributed by atoms with E-state index in [9.17, 15) is 9.59 Å². The molecule has 0 spiro atoms. The highest BCUT2D eigenvalue weighted by Gasteiger charge is 2.26. The van der Waals surface area contributed by atoms with Gasteiger partial charge in [-0.25, -0.2) is 0 Å². The van der Waals surface area contributed by atoms with Crippen molar-refractivity contribution >= 4 is 11.9 Å². The second kappa shape index (κ2) is 12.2. The Labute approximate surface area is 186 Å². The number of aromatic amines is 2. The van der Waals surface area contributed by atoms with Crippen molar-refractivity contribution in [2.45, 2.75) is 45.7 Å². The van der Waals surface area contributed by atoms with Gasteiger partial charge < -0.3 is 9.84 Å². The molecule has 2 fully saturated rings. The van der Waals surface area contributed by atoms with E-state index in [0.29, 0.717) is 6.61 Å². The molecule has 2 aliphatic rings. The van der Waals surface area contributed by atoms with Gasteiger partial charge >= 0.3 is 11.9 Å². The molecule has 32 heavy (non-hydrogen) atoms. The molecule has 12 heteroatoms. The van der Waals surface area contributed by atoms with Crippen LogP contribution in [-0.2, 0) is 27.4 Å². The van der Waals surface area contributed by atoms with Crippen molar-refractivity contribution in [2.24, 2.45) is 11.8 Å². The van der Waals surface area contributed by atoms with Crippen LogP contribution in [0.5, 0.6) is 0 Å². The molecule has 0 bridgehead atoms. The van der Waals surface area contributed by atoms with Crippen LogP contribution in [0.2, 0.25) is 0 Å². The standard InChI is InChI=1S/C11H18N4O2.C9H14N4O2/c1-2-17-11(16)9-3-5-15(6-4-9)8-10-7-12-14-13-10;14-9(15)7-1-3-13(4-2-7)6-8-5-10-12-11-8/h7,9H,2-6,8H2,1H3,(H,12,13,14);5,7H,1-4,6H2,(H,14,15)(H,10,11,12). The number of carbonyl (C=O) groups excluding carboxylic acids is 1. The Morgan fingerprint density at radius 1 is 0.938 bits per heavy atom. The van der Waals surface area contributed by atoms with Crippen LogP contribution < -0.4 is 0 Å². The topological polar surface area (TPSA) is 153 Å². The van der Waals surface area contributed by atoms with Gasteiger partial charge in [0, 0.05) is 13.1 Å². The highest BCUT2D eigenvalue weighted by molar-refractivity contribution is 5.72. The molecular weight excluding hydrogens is 416 g/mol. The number of rotatable bonds is 7. The van der Waals surface area contributed by atoms with Crippen LogP contribution in [-0.4, -0.2) is 90.5 Å². The smallest absolute Gasteiger partial charge is 0.309 e. The zero-order valence-electron chi connectivity index (χ0n) is 18.4. The number of H-pyrrole nitrogens is 2. The van der Waals surface area contributed by atoms with Crippen molar-refractivity contribution in [3.05, 3.63) is 23.8 Å². The minimum absolute atomic E-state index is 0.0476. The van der Waals surface area contributed by atoms with E-state index in [0.717, 1.165) is 76.3 Å². The third-order valence-electron chi connectivity index (χ3n) is 5.85. The van der Waals surface area contributed by atoms with Crippen LogP contribution in [0.4, 0.5) is 0 Å². The lowest BCUT2D eigenvalue weighted by molar-refractivity contribution is -0.149. The maximum absolute atomic E-state index is 11.6. The van der Waals surface area contributed by atoms with Crippen LogP contribution in [0.3, 0.4) is 0 Å². The van der Waals surface area contributed by atoms with Gasteiger partial charge in [0.15, 0.2) is 0 Å². The number of hydrogen-bond donors (Lipinski definition) is 3. The first-order valence-electron chi connectivity index (χ1n) is 11.1. The predicted octanol–water partition coefficient (Wildman–Crippen LogP) is 0.681. The molecule has 2 aromatic heterocycles. The van der Waals surface area contributed by atoms with Crippen LogP contribution in [0.15, 0.2) is 12.4 Å². The van der Waals surface area contributed by atoms with E-state index in [-0.39, 0.29) is 17.8 Å². The first kappa shape index (κ1) is 23.8. The lowest BCUT2D eigenvalue weighted by Gasteiger charge is -2.29. The molecule has 2 saturated heterocycles. The van der Waals surface area contributed by atoms with Gasteiger partial charge in [-0.1, -0.05) is 0 Å². The van der Waals surface area contributed by atoms with E-state index in [1.54, 1.807) is 12.4 Å². The van der Waals surface area contributed by atoms with Crippen LogP contribution in [0.25, 0.3) is 0 Å². The average Bonchev–Trinajstić information content (AvgIpc) is 3.50. The predicted molar refractivity (Wildman–Crippen MR) is 113 cm³/mol. The van der Waals surface area contributed by atoms with Gasteiger partial charge in [-0.05, 0) is 58.8 Å². The number of esters is 1. The lowest BCUT2D eigenvalue weighted by atomic mass is 9.97. The molecule has 0 radical (unpaired) electrons. The summed E-state index contributed by atoms with van der Waals surface area (Å²) in [5.41, 5.74) is 1.85. The molecule has 0 amide bonds. The van der Waals surface area contributed by atoms with Crippen molar-refractivity contribution in [3.63, 3.8) is 0 Å². The number of carbonyl (C=O) groups is 2. The molecule has 2 aromatic rings. The quantitative estimate of drug-likeness (QED) is 0.515. The van der Waals surface area contributed by atoms with Crippen LogP contribution in [0, 0.1) is 11.8 Å². The Kier molecular flexibility index (Phi) is 9.11. The fourth-order valence-electron chi connectivity index (χ4n) is 3.99. The fourth-order valence-corrected chi connectivity index (χ4v) is 3.99. The van der Waals surface area contributed by atoms with Crippen molar-refractivity contribution < 1.29 is 19.4 Å². The third kappa shape index (κ3) is 7.38. The molecule has 176 valence electrons. The normalized spacial score (nSPS) is 18.7. The molecular formula is C20H32N8O4. The number of aromatic nitrogens is 6. The Morgan fingerprint density at radius 2 is 1.41 bits per heavy atom. The molecule has 0 aliphatic carbocycles. The number of likely N-dealkylation sites (tertiary alicyclic amines) is 2. The molecule has 0 unspecified atom stereocenters. The summed E-state index contributed by atoms with van der Waals surface area (Å²) in [7, 11) is 0. The van der Waals surface area contributed by atoms with Gasteiger partial charge in [0.05, 0.1) is 42.2 Å². The van der Waals surface area contributed by atoms with Crippen molar-refractivity contribution in [3.8, 4) is 0 Å². The second-order valence-corrected chi connectivity index (χ2v) is 8.11. The fraction of sp³-hybridized carbons (Fsp3) is 0.700.